The molecule has 100 valence electrons. The fourth-order valence-corrected chi connectivity index (χ4v) is 3.78. The molecule has 0 radical (unpaired) electrons. The quantitative estimate of drug-likeness (QED) is 0.783. The van der Waals surface area contributed by atoms with Crippen LogP contribution in [-0.4, -0.2) is 47.8 Å². The zero-order valence-electron chi connectivity index (χ0n) is 9.84. The molecule has 1 aromatic heterocycles. The summed E-state index contributed by atoms with van der Waals surface area (Å²) < 4.78 is 26.8. The van der Waals surface area contributed by atoms with Gasteiger partial charge in [0.15, 0.2) is 9.84 Å². The van der Waals surface area contributed by atoms with Gasteiger partial charge in [0.1, 0.15) is 5.82 Å². The molecule has 0 bridgehead atoms. The van der Waals surface area contributed by atoms with Crippen LogP contribution in [0.25, 0.3) is 0 Å². The molecule has 0 aliphatic carbocycles. The van der Waals surface area contributed by atoms with Crippen molar-refractivity contribution in [3.63, 3.8) is 0 Å². The monoisotopic (exact) mass is 290 g/mol. The summed E-state index contributed by atoms with van der Waals surface area (Å²) in [6.07, 6.45) is 0.123. The molecule has 18 heavy (non-hydrogen) atoms. The topological polar surface area (TPSA) is 101 Å². The number of rotatable bonds is 3. The lowest BCUT2D eigenvalue weighted by Gasteiger charge is -2.22. The minimum Gasteiger partial charge on any atom is -0.311 e. The van der Waals surface area contributed by atoms with Crippen LogP contribution in [-0.2, 0) is 14.6 Å². The fourth-order valence-electron chi connectivity index (χ4n) is 1.74. The number of aromatic nitrogens is 2. The Morgan fingerprint density at radius 3 is 3.00 bits per heavy atom. The van der Waals surface area contributed by atoms with Crippen LogP contribution < -0.4 is 10.6 Å². The van der Waals surface area contributed by atoms with Crippen LogP contribution in [0.1, 0.15) is 12.2 Å². The second kappa shape index (κ2) is 5.29. The van der Waals surface area contributed by atoms with Crippen molar-refractivity contribution in [2.45, 2.75) is 19.4 Å². The Bertz CT molecular complexity index is 540. The third kappa shape index (κ3) is 3.72. The second-order valence-electron chi connectivity index (χ2n) is 4.16. The molecular formula is C9H14N4O3S2. The van der Waals surface area contributed by atoms with Gasteiger partial charge in [-0.3, -0.25) is 4.79 Å². The van der Waals surface area contributed by atoms with E-state index in [0.29, 0.717) is 17.5 Å². The van der Waals surface area contributed by atoms with Crippen LogP contribution >= 0.6 is 11.5 Å². The largest absolute Gasteiger partial charge is 0.311 e. The molecule has 1 aliphatic heterocycles. The number of hydrogen-bond donors (Lipinski definition) is 2. The van der Waals surface area contributed by atoms with Crippen LogP contribution in [0.15, 0.2) is 0 Å². The number of hydrogen-bond acceptors (Lipinski definition) is 7. The molecule has 0 saturated carbocycles. The average Bonchev–Trinajstić information content (AvgIpc) is 2.62. The molecule has 2 rings (SSSR count). The maximum absolute atomic E-state index is 11.7. The molecule has 2 N–H and O–H groups in total. The molecule has 1 aliphatic rings. The van der Waals surface area contributed by atoms with Crippen molar-refractivity contribution in [1.29, 1.82) is 0 Å². The Morgan fingerprint density at radius 2 is 2.39 bits per heavy atom. The van der Waals surface area contributed by atoms with E-state index < -0.39 is 9.84 Å². The highest BCUT2D eigenvalue weighted by Crippen LogP contribution is 2.12. The first-order chi connectivity index (χ1) is 8.44. The molecule has 1 amide bonds. The molecule has 1 saturated heterocycles. The minimum absolute atomic E-state index is 0.00949. The Balaban J connectivity index is 1.88. The number of amides is 1. The maximum Gasteiger partial charge on any atom is 0.227 e. The molecule has 1 unspecified atom stereocenters. The van der Waals surface area contributed by atoms with E-state index in [1.54, 1.807) is 6.92 Å². The van der Waals surface area contributed by atoms with Gasteiger partial charge < -0.3 is 10.6 Å². The van der Waals surface area contributed by atoms with Gasteiger partial charge in [0, 0.05) is 30.5 Å². The van der Waals surface area contributed by atoms with E-state index in [4.69, 9.17) is 0 Å². The van der Waals surface area contributed by atoms with Gasteiger partial charge in [-0.2, -0.15) is 4.37 Å². The van der Waals surface area contributed by atoms with Crippen molar-refractivity contribution in [2.75, 3.05) is 23.4 Å². The Labute approximate surface area is 109 Å². The fraction of sp³-hybridized carbons (Fsp3) is 0.667. The van der Waals surface area contributed by atoms with Crippen molar-refractivity contribution in [1.82, 2.24) is 14.7 Å². The van der Waals surface area contributed by atoms with Gasteiger partial charge in [-0.05, 0) is 6.92 Å². The van der Waals surface area contributed by atoms with Crippen molar-refractivity contribution in [3.05, 3.63) is 5.82 Å². The van der Waals surface area contributed by atoms with Gasteiger partial charge in [0.2, 0.25) is 11.0 Å². The summed E-state index contributed by atoms with van der Waals surface area (Å²) in [5, 5.41) is 6.07. The third-order valence-corrected chi connectivity index (χ3v) is 4.97. The number of carbonyl (C=O) groups is 1. The SMILES string of the molecule is Cc1nsc(NC(=O)CC2CS(=O)(=O)CCN2)n1. The summed E-state index contributed by atoms with van der Waals surface area (Å²) in [5.41, 5.74) is 0. The van der Waals surface area contributed by atoms with E-state index in [2.05, 4.69) is 20.0 Å². The number of carbonyl (C=O) groups excluding carboxylic acids is 1. The number of nitrogens with zero attached hydrogens (tertiary/aromatic N) is 2. The van der Waals surface area contributed by atoms with Gasteiger partial charge in [-0.25, -0.2) is 13.4 Å². The molecule has 1 fully saturated rings. The van der Waals surface area contributed by atoms with E-state index in [1.165, 1.54) is 0 Å². The summed E-state index contributed by atoms with van der Waals surface area (Å²) in [6, 6.07) is -0.322. The zero-order valence-corrected chi connectivity index (χ0v) is 11.5. The molecule has 7 nitrogen and oxygen atoms in total. The van der Waals surface area contributed by atoms with E-state index in [1.807, 2.05) is 0 Å². The van der Waals surface area contributed by atoms with Crippen LogP contribution in [0.4, 0.5) is 5.13 Å². The zero-order chi connectivity index (χ0) is 13.2. The standard InChI is InChI=1S/C9H14N4O3S2/c1-6-11-9(17-13-6)12-8(14)4-7-5-18(15,16)3-2-10-7/h7,10H,2-5H2,1H3,(H,11,12,13,14). The molecule has 2 heterocycles. The van der Waals surface area contributed by atoms with Crippen LogP contribution in [0.3, 0.4) is 0 Å². The highest BCUT2D eigenvalue weighted by atomic mass is 32.2. The van der Waals surface area contributed by atoms with E-state index in [9.17, 15) is 13.2 Å². The Kier molecular flexibility index (Phi) is 3.93. The first-order valence-corrected chi connectivity index (χ1v) is 8.08. The number of sulfone groups is 1. The normalized spacial score (nSPS) is 22.6. The van der Waals surface area contributed by atoms with Gasteiger partial charge in [0.25, 0.3) is 0 Å². The van der Waals surface area contributed by atoms with E-state index in [0.717, 1.165) is 11.5 Å². The average molecular weight is 290 g/mol. The summed E-state index contributed by atoms with van der Waals surface area (Å²) in [5.74, 6) is 0.505. The van der Waals surface area contributed by atoms with Crippen molar-refractivity contribution >= 4 is 32.4 Å². The lowest BCUT2D eigenvalue weighted by atomic mass is 10.2. The predicted molar refractivity (Wildman–Crippen MR) is 68.3 cm³/mol. The minimum atomic E-state index is -3.01. The van der Waals surface area contributed by atoms with Crippen LogP contribution in [0, 0.1) is 6.92 Å². The molecule has 1 aromatic rings. The molecule has 0 aromatic carbocycles. The first-order valence-electron chi connectivity index (χ1n) is 5.48. The molecule has 9 heteroatoms. The molecule has 0 spiro atoms. The Hall–Kier alpha value is -1.06. The highest BCUT2D eigenvalue weighted by molar-refractivity contribution is 7.91. The van der Waals surface area contributed by atoms with Crippen molar-refractivity contribution in [3.8, 4) is 0 Å². The number of anilines is 1. The van der Waals surface area contributed by atoms with Gasteiger partial charge in [0.05, 0.1) is 11.5 Å². The van der Waals surface area contributed by atoms with Gasteiger partial charge >= 0.3 is 0 Å². The van der Waals surface area contributed by atoms with Crippen molar-refractivity contribution < 1.29 is 13.2 Å². The molecule has 1 atom stereocenters. The Morgan fingerprint density at radius 1 is 1.61 bits per heavy atom. The van der Waals surface area contributed by atoms with Crippen LogP contribution in [0.5, 0.6) is 0 Å². The first kappa shape index (κ1) is 13.4. The number of nitrogens with one attached hydrogen (secondary N) is 2. The maximum atomic E-state index is 11.7. The summed E-state index contributed by atoms with van der Waals surface area (Å²) in [6.45, 7) is 2.14. The van der Waals surface area contributed by atoms with E-state index >= 15 is 0 Å². The highest BCUT2D eigenvalue weighted by Gasteiger charge is 2.26. The summed E-state index contributed by atoms with van der Waals surface area (Å²) >= 11 is 1.11. The van der Waals surface area contributed by atoms with Gasteiger partial charge in [-0.15, -0.1) is 0 Å². The lowest BCUT2D eigenvalue weighted by Crippen LogP contribution is -2.46. The lowest BCUT2D eigenvalue weighted by molar-refractivity contribution is -0.116. The molecular weight excluding hydrogens is 276 g/mol. The second-order valence-corrected chi connectivity index (χ2v) is 7.15. The summed E-state index contributed by atoms with van der Waals surface area (Å²) in [4.78, 5) is 15.7. The predicted octanol–water partition coefficient (Wildman–Crippen LogP) is -0.438. The smallest absolute Gasteiger partial charge is 0.227 e. The van der Waals surface area contributed by atoms with Crippen molar-refractivity contribution in [2.24, 2.45) is 0 Å². The summed E-state index contributed by atoms with van der Waals surface area (Å²) in [7, 11) is -3.01. The van der Waals surface area contributed by atoms with E-state index in [-0.39, 0.29) is 29.9 Å². The number of aryl methyl sites for hydroxylation is 1. The van der Waals surface area contributed by atoms with Gasteiger partial charge in [-0.1, -0.05) is 0 Å². The third-order valence-electron chi connectivity index (χ3n) is 2.51. The van der Waals surface area contributed by atoms with Crippen LogP contribution in [0.2, 0.25) is 0 Å².